The molecule has 0 N–H and O–H groups in total. The summed E-state index contributed by atoms with van der Waals surface area (Å²) in [5.74, 6) is 1.07. The molecule has 1 aliphatic rings. The molecule has 0 amide bonds. The fourth-order valence-corrected chi connectivity index (χ4v) is 4.95. The Morgan fingerprint density at radius 2 is 1.97 bits per heavy atom. The van der Waals surface area contributed by atoms with Gasteiger partial charge in [-0.25, -0.2) is 19.3 Å². The van der Waals surface area contributed by atoms with Crippen LogP contribution in [0.25, 0.3) is 28.0 Å². The number of aromatic nitrogens is 5. The van der Waals surface area contributed by atoms with E-state index in [0.29, 0.717) is 61.5 Å². The van der Waals surface area contributed by atoms with E-state index < -0.39 is 11.5 Å². The molecule has 5 heterocycles. The number of fused-ring (bicyclic) bond motifs is 6. The van der Waals surface area contributed by atoms with Crippen LogP contribution in [0.1, 0.15) is 22.6 Å². The van der Waals surface area contributed by atoms with Gasteiger partial charge in [-0.3, -0.25) is 4.98 Å². The van der Waals surface area contributed by atoms with Crippen LogP contribution in [0, 0.1) is 0 Å². The monoisotopic (exact) mass is 509 g/mol. The number of rotatable bonds is 3. The van der Waals surface area contributed by atoms with Gasteiger partial charge in [0.05, 0.1) is 35.1 Å². The van der Waals surface area contributed by atoms with Crippen molar-refractivity contribution >= 4 is 28.2 Å². The minimum atomic E-state index is -0.609. The Kier molecular flexibility index (Phi) is 4.73. The van der Waals surface area contributed by atoms with E-state index in [9.17, 15) is 4.79 Å². The summed E-state index contributed by atoms with van der Waals surface area (Å²) in [7, 11) is 1.57. The maximum Gasteiger partial charge on any atom is 0.344 e. The first-order valence-corrected chi connectivity index (χ1v) is 11.7. The van der Waals surface area contributed by atoms with Crippen LogP contribution >= 0.6 is 11.6 Å². The van der Waals surface area contributed by atoms with Crippen molar-refractivity contribution in [2.75, 3.05) is 7.11 Å². The van der Waals surface area contributed by atoms with E-state index in [1.807, 2.05) is 24.3 Å². The molecule has 0 saturated heterocycles. The number of hydrogen-bond acceptors (Lipinski definition) is 8. The van der Waals surface area contributed by atoms with Crippen LogP contribution < -0.4 is 15.1 Å². The van der Waals surface area contributed by atoms with Crippen molar-refractivity contribution in [2.45, 2.75) is 5.92 Å². The van der Waals surface area contributed by atoms with Gasteiger partial charge in [0, 0.05) is 17.4 Å². The van der Waals surface area contributed by atoms with Crippen molar-refractivity contribution in [3.63, 3.8) is 0 Å². The van der Waals surface area contributed by atoms with Gasteiger partial charge in [-0.2, -0.15) is 0 Å². The molecular weight excluding hydrogens is 494 g/mol. The molecule has 0 saturated carbocycles. The van der Waals surface area contributed by atoms with Gasteiger partial charge >= 0.3 is 5.63 Å². The van der Waals surface area contributed by atoms with Crippen LogP contribution in [0.2, 0.25) is 5.02 Å². The fraction of sp³-hybridized carbons (Fsp3) is 0.0741. The first-order chi connectivity index (χ1) is 18.1. The molecule has 9 nitrogen and oxygen atoms in total. The lowest BCUT2D eigenvalue weighted by molar-refractivity contribution is 0.416. The number of benzene rings is 2. The van der Waals surface area contributed by atoms with Crippen LogP contribution in [0.15, 0.2) is 82.5 Å². The summed E-state index contributed by atoms with van der Waals surface area (Å²) in [6.07, 6.45) is 4.91. The first-order valence-electron chi connectivity index (χ1n) is 11.3. The zero-order valence-electron chi connectivity index (χ0n) is 19.3. The lowest BCUT2D eigenvalue weighted by Crippen LogP contribution is -2.22. The number of pyridine rings is 1. The van der Waals surface area contributed by atoms with Gasteiger partial charge in [-0.15, -0.1) is 5.10 Å². The van der Waals surface area contributed by atoms with Gasteiger partial charge in [-0.05, 0) is 42.0 Å². The van der Waals surface area contributed by atoms with E-state index in [2.05, 4.69) is 15.1 Å². The highest BCUT2D eigenvalue weighted by Gasteiger charge is 2.37. The molecule has 10 heteroatoms. The highest BCUT2D eigenvalue weighted by molar-refractivity contribution is 6.30. The standard InChI is InChI=1S/C27H16ClN5O4/c1-35-18-9-8-15(28)11-17(18)24-31-25-22-20(14-5-4-10-29-12-14)21-23(37-26(22)30-13-33(25)32-24)16-6-2-3-7-19(16)36-27(21)34/h2-13,20H,1H3. The molecule has 0 aliphatic carbocycles. The number of methoxy groups -OCH3 is 1. The Bertz CT molecular complexity index is 1900. The Morgan fingerprint density at radius 3 is 2.81 bits per heavy atom. The van der Waals surface area contributed by atoms with Gasteiger partial charge in [-0.1, -0.05) is 29.8 Å². The zero-order chi connectivity index (χ0) is 25.1. The molecule has 0 fully saturated rings. The lowest BCUT2D eigenvalue weighted by Gasteiger charge is -2.27. The Morgan fingerprint density at radius 1 is 1.08 bits per heavy atom. The van der Waals surface area contributed by atoms with E-state index in [-0.39, 0.29) is 0 Å². The Hall–Kier alpha value is -4.76. The van der Waals surface area contributed by atoms with Crippen molar-refractivity contribution in [3.8, 4) is 28.8 Å². The quantitative estimate of drug-likeness (QED) is 0.298. The maximum absolute atomic E-state index is 13.4. The molecule has 4 aromatic heterocycles. The molecule has 37 heavy (non-hydrogen) atoms. The lowest BCUT2D eigenvalue weighted by atomic mass is 9.85. The van der Waals surface area contributed by atoms with Crippen molar-refractivity contribution in [3.05, 3.63) is 105 Å². The predicted molar refractivity (Wildman–Crippen MR) is 136 cm³/mol. The Labute approximate surface area is 213 Å². The topological polar surface area (TPSA) is 105 Å². The SMILES string of the molecule is COc1ccc(Cl)cc1-c1nc2c3c(ncn2n1)Oc1c(c(=O)oc2ccccc12)C3c1cccnc1. The average molecular weight is 510 g/mol. The number of hydrogen-bond donors (Lipinski definition) is 0. The second-order valence-electron chi connectivity index (χ2n) is 8.46. The number of ether oxygens (including phenoxy) is 2. The third-order valence-corrected chi connectivity index (χ3v) is 6.62. The smallest absolute Gasteiger partial charge is 0.344 e. The van der Waals surface area contributed by atoms with Gasteiger partial charge in [0.2, 0.25) is 5.88 Å². The normalized spacial score (nSPS) is 14.3. The number of nitrogens with zero attached hydrogens (tertiary/aromatic N) is 5. The van der Waals surface area contributed by atoms with Crippen LogP contribution in [0.3, 0.4) is 0 Å². The van der Waals surface area contributed by atoms with Crippen molar-refractivity contribution in [1.29, 1.82) is 0 Å². The molecule has 0 spiro atoms. The first kappa shape index (κ1) is 21.5. The highest BCUT2D eigenvalue weighted by Crippen LogP contribution is 2.48. The molecule has 6 aromatic rings. The van der Waals surface area contributed by atoms with Gasteiger partial charge in [0.25, 0.3) is 0 Å². The number of halogens is 1. The van der Waals surface area contributed by atoms with Crippen molar-refractivity contribution in [1.82, 2.24) is 24.6 Å². The zero-order valence-corrected chi connectivity index (χ0v) is 20.0. The molecule has 1 aliphatic heterocycles. The van der Waals surface area contributed by atoms with Gasteiger partial charge in [0.15, 0.2) is 17.2 Å². The molecule has 7 rings (SSSR count). The van der Waals surface area contributed by atoms with E-state index in [4.69, 9.17) is 30.5 Å². The van der Waals surface area contributed by atoms with Gasteiger partial charge < -0.3 is 13.9 Å². The minimum Gasteiger partial charge on any atom is -0.496 e. The van der Waals surface area contributed by atoms with E-state index in [1.165, 1.54) is 6.33 Å². The molecule has 0 radical (unpaired) electrons. The van der Waals surface area contributed by atoms with Crippen molar-refractivity contribution in [2.24, 2.45) is 0 Å². The van der Waals surface area contributed by atoms with Crippen LogP contribution in [0.5, 0.6) is 17.4 Å². The summed E-state index contributed by atoms with van der Waals surface area (Å²) in [4.78, 5) is 27.1. The predicted octanol–water partition coefficient (Wildman–Crippen LogP) is 5.24. The summed E-state index contributed by atoms with van der Waals surface area (Å²) < 4.78 is 19.1. The second kappa shape index (κ2) is 8.14. The summed E-state index contributed by atoms with van der Waals surface area (Å²) >= 11 is 6.26. The van der Waals surface area contributed by atoms with E-state index >= 15 is 0 Å². The van der Waals surface area contributed by atoms with Gasteiger partial charge in [0.1, 0.15) is 17.7 Å². The minimum absolute atomic E-state index is 0.321. The fourth-order valence-electron chi connectivity index (χ4n) is 4.78. The molecular formula is C27H16ClN5O4. The highest BCUT2D eigenvalue weighted by atomic mass is 35.5. The maximum atomic E-state index is 13.4. The third-order valence-electron chi connectivity index (χ3n) is 6.38. The summed E-state index contributed by atoms with van der Waals surface area (Å²) in [5, 5.41) is 5.82. The Balaban J connectivity index is 1.54. The molecule has 1 unspecified atom stereocenters. The largest absolute Gasteiger partial charge is 0.496 e. The van der Waals surface area contributed by atoms with E-state index in [1.54, 1.807) is 54.4 Å². The summed E-state index contributed by atoms with van der Waals surface area (Å²) in [6.45, 7) is 0. The van der Waals surface area contributed by atoms with Crippen LogP contribution in [-0.2, 0) is 0 Å². The average Bonchev–Trinajstić information content (AvgIpc) is 3.37. The summed E-state index contributed by atoms with van der Waals surface area (Å²) in [5.41, 5.74) is 2.69. The second-order valence-corrected chi connectivity index (χ2v) is 8.90. The number of para-hydroxylation sites is 1. The van der Waals surface area contributed by atoms with E-state index in [0.717, 1.165) is 5.56 Å². The van der Waals surface area contributed by atoms with Crippen LogP contribution in [0.4, 0.5) is 0 Å². The molecule has 1 atom stereocenters. The third kappa shape index (κ3) is 3.28. The molecule has 2 aromatic carbocycles. The van der Waals surface area contributed by atoms with Crippen molar-refractivity contribution < 1.29 is 13.9 Å². The van der Waals surface area contributed by atoms with Crippen LogP contribution in [-0.4, -0.2) is 31.7 Å². The molecule has 0 bridgehead atoms. The molecule has 180 valence electrons. The summed E-state index contributed by atoms with van der Waals surface area (Å²) in [6, 6.07) is 16.2.